The molecule has 1 heterocycles. The number of amides is 4. The van der Waals surface area contributed by atoms with Gasteiger partial charge >= 0.3 is 6.03 Å². The van der Waals surface area contributed by atoms with Gasteiger partial charge in [-0.15, -0.1) is 0 Å². The molecule has 26 heavy (non-hydrogen) atoms. The molecule has 140 valence electrons. The fourth-order valence-electron chi connectivity index (χ4n) is 3.79. The van der Waals surface area contributed by atoms with Crippen LogP contribution in [0.1, 0.15) is 63.9 Å². The maximum Gasteiger partial charge on any atom is 0.325 e. The monoisotopic (exact) mass is 357 g/mol. The molecule has 1 spiro atoms. The molecule has 4 amide bonds. The van der Waals surface area contributed by atoms with Gasteiger partial charge in [0.05, 0.1) is 0 Å². The first-order chi connectivity index (χ1) is 12.4. The summed E-state index contributed by atoms with van der Waals surface area (Å²) in [5, 5.41) is 5.72. The highest BCUT2D eigenvalue weighted by Gasteiger charge is 2.50. The van der Waals surface area contributed by atoms with Gasteiger partial charge in [0.25, 0.3) is 5.91 Å². The lowest BCUT2D eigenvalue weighted by Gasteiger charge is -2.30. The molecule has 1 aromatic carbocycles. The Morgan fingerprint density at radius 1 is 1.23 bits per heavy atom. The van der Waals surface area contributed by atoms with Crippen LogP contribution in [0, 0.1) is 0 Å². The van der Waals surface area contributed by atoms with Crippen LogP contribution in [0.4, 0.5) is 10.5 Å². The highest BCUT2D eigenvalue weighted by molar-refractivity contribution is 6.07. The van der Waals surface area contributed by atoms with Gasteiger partial charge in [-0.2, -0.15) is 0 Å². The van der Waals surface area contributed by atoms with E-state index in [0.29, 0.717) is 18.8 Å². The SMILES string of the molecule is CC(C)c1cccc(NC(=O)CCN2C(=O)NC3(CCCCC3)C2=O)c1. The first kappa shape index (κ1) is 18.4. The zero-order chi connectivity index (χ0) is 18.7. The van der Waals surface area contributed by atoms with Gasteiger partial charge in [0.15, 0.2) is 0 Å². The van der Waals surface area contributed by atoms with E-state index in [0.717, 1.165) is 30.5 Å². The zero-order valence-corrected chi connectivity index (χ0v) is 15.5. The molecule has 1 aliphatic heterocycles. The molecular weight excluding hydrogens is 330 g/mol. The van der Waals surface area contributed by atoms with E-state index < -0.39 is 5.54 Å². The lowest BCUT2D eigenvalue weighted by molar-refractivity contribution is -0.132. The predicted octanol–water partition coefficient (Wildman–Crippen LogP) is 3.39. The number of carbonyl (C=O) groups is 3. The summed E-state index contributed by atoms with van der Waals surface area (Å²) in [6.45, 7) is 4.31. The Morgan fingerprint density at radius 3 is 2.65 bits per heavy atom. The van der Waals surface area contributed by atoms with Crippen molar-refractivity contribution in [2.45, 2.75) is 63.8 Å². The molecule has 6 heteroatoms. The van der Waals surface area contributed by atoms with Gasteiger partial charge in [-0.05, 0) is 36.5 Å². The van der Waals surface area contributed by atoms with Gasteiger partial charge in [-0.3, -0.25) is 14.5 Å². The Balaban J connectivity index is 1.57. The lowest BCUT2D eigenvalue weighted by Crippen LogP contribution is -2.48. The Labute approximate surface area is 154 Å². The number of hydrogen-bond donors (Lipinski definition) is 2. The summed E-state index contributed by atoms with van der Waals surface area (Å²) < 4.78 is 0. The Bertz CT molecular complexity index is 708. The number of nitrogens with one attached hydrogen (secondary N) is 2. The van der Waals surface area contributed by atoms with E-state index in [-0.39, 0.29) is 30.8 Å². The third-order valence-electron chi connectivity index (χ3n) is 5.35. The van der Waals surface area contributed by atoms with Gasteiger partial charge in [-0.25, -0.2) is 4.79 Å². The number of anilines is 1. The smallest absolute Gasteiger partial charge is 0.325 e. The van der Waals surface area contributed by atoms with Gasteiger partial charge in [-0.1, -0.05) is 45.2 Å². The van der Waals surface area contributed by atoms with Crippen molar-refractivity contribution in [3.8, 4) is 0 Å². The molecule has 1 aliphatic carbocycles. The predicted molar refractivity (Wildman–Crippen MR) is 99.8 cm³/mol. The quantitative estimate of drug-likeness (QED) is 0.793. The maximum absolute atomic E-state index is 12.7. The summed E-state index contributed by atoms with van der Waals surface area (Å²) in [6.07, 6.45) is 4.49. The minimum absolute atomic E-state index is 0.0984. The van der Waals surface area contributed by atoms with Crippen LogP contribution in [-0.2, 0) is 9.59 Å². The van der Waals surface area contributed by atoms with E-state index in [1.165, 1.54) is 4.90 Å². The average molecular weight is 357 g/mol. The second-order valence-electron chi connectivity index (χ2n) is 7.61. The number of hydrogen-bond acceptors (Lipinski definition) is 3. The van der Waals surface area contributed by atoms with Gasteiger partial charge in [0.2, 0.25) is 5.91 Å². The third kappa shape index (κ3) is 3.74. The first-order valence-electron chi connectivity index (χ1n) is 9.45. The van der Waals surface area contributed by atoms with Crippen LogP contribution in [0.3, 0.4) is 0 Å². The summed E-state index contributed by atoms with van der Waals surface area (Å²) in [6, 6.07) is 7.36. The fourth-order valence-corrected chi connectivity index (χ4v) is 3.79. The molecule has 3 rings (SSSR count). The lowest BCUT2D eigenvalue weighted by atomic mass is 9.82. The molecule has 0 aromatic heterocycles. The number of carbonyl (C=O) groups excluding carboxylic acids is 3. The molecular formula is C20H27N3O3. The number of imide groups is 1. The van der Waals surface area contributed by atoms with Crippen molar-refractivity contribution < 1.29 is 14.4 Å². The van der Waals surface area contributed by atoms with Crippen LogP contribution in [0.2, 0.25) is 0 Å². The van der Waals surface area contributed by atoms with Crippen molar-refractivity contribution in [2.75, 3.05) is 11.9 Å². The number of rotatable bonds is 5. The van der Waals surface area contributed by atoms with E-state index in [1.54, 1.807) is 0 Å². The van der Waals surface area contributed by atoms with Crippen LogP contribution in [0.15, 0.2) is 24.3 Å². The van der Waals surface area contributed by atoms with Crippen molar-refractivity contribution in [3.63, 3.8) is 0 Å². The summed E-state index contributed by atoms with van der Waals surface area (Å²) in [7, 11) is 0. The topological polar surface area (TPSA) is 78.5 Å². The molecule has 2 aliphatic rings. The number of nitrogens with zero attached hydrogens (tertiary/aromatic N) is 1. The normalized spacial score (nSPS) is 19.1. The molecule has 0 unspecified atom stereocenters. The summed E-state index contributed by atoms with van der Waals surface area (Å²) in [5.74, 6) is 0.0114. The Morgan fingerprint density at radius 2 is 1.96 bits per heavy atom. The summed E-state index contributed by atoms with van der Waals surface area (Å²) in [5.41, 5.74) is 1.16. The number of benzene rings is 1. The second-order valence-corrected chi connectivity index (χ2v) is 7.61. The Kier molecular flexibility index (Phi) is 5.30. The highest BCUT2D eigenvalue weighted by atomic mass is 16.2. The van der Waals surface area contributed by atoms with Crippen LogP contribution >= 0.6 is 0 Å². The van der Waals surface area contributed by atoms with Gasteiger partial charge < -0.3 is 10.6 Å². The van der Waals surface area contributed by atoms with Crippen molar-refractivity contribution in [1.29, 1.82) is 0 Å². The van der Waals surface area contributed by atoms with Gasteiger partial charge in [0.1, 0.15) is 5.54 Å². The van der Waals surface area contributed by atoms with Crippen LogP contribution < -0.4 is 10.6 Å². The van der Waals surface area contributed by atoms with Crippen molar-refractivity contribution >= 4 is 23.5 Å². The van der Waals surface area contributed by atoms with Crippen molar-refractivity contribution in [2.24, 2.45) is 0 Å². The van der Waals surface area contributed by atoms with Crippen molar-refractivity contribution in [3.05, 3.63) is 29.8 Å². The average Bonchev–Trinajstić information content (AvgIpc) is 2.84. The highest BCUT2D eigenvalue weighted by Crippen LogP contribution is 2.33. The molecule has 6 nitrogen and oxygen atoms in total. The molecule has 0 bridgehead atoms. The van der Waals surface area contributed by atoms with Crippen LogP contribution in [0.5, 0.6) is 0 Å². The van der Waals surface area contributed by atoms with E-state index in [2.05, 4.69) is 24.5 Å². The van der Waals surface area contributed by atoms with Crippen LogP contribution in [-0.4, -0.2) is 34.8 Å². The molecule has 2 N–H and O–H groups in total. The largest absolute Gasteiger partial charge is 0.326 e. The fraction of sp³-hybridized carbons (Fsp3) is 0.550. The van der Waals surface area contributed by atoms with Crippen LogP contribution in [0.25, 0.3) is 0 Å². The molecule has 2 fully saturated rings. The number of urea groups is 1. The molecule has 1 saturated heterocycles. The maximum atomic E-state index is 12.7. The summed E-state index contributed by atoms with van der Waals surface area (Å²) >= 11 is 0. The molecule has 0 atom stereocenters. The first-order valence-corrected chi connectivity index (χ1v) is 9.45. The molecule has 1 aromatic rings. The van der Waals surface area contributed by atoms with E-state index in [1.807, 2.05) is 24.3 Å². The zero-order valence-electron chi connectivity index (χ0n) is 15.5. The third-order valence-corrected chi connectivity index (χ3v) is 5.35. The van der Waals surface area contributed by atoms with E-state index in [9.17, 15) is 14.4 Å². The Hall–Kier alpha value is -2.37. The second kappa shape index (κ2) is 7.48. The molecule has 1 saturated carbocycles. The van der Waals surface area contributed by atoms with Crippen molar-refractivity contribution in [1.82, 2.24) is 10.2 Å². The summed E-state index contributed by atoms with van der Waals surface area (Å²) in [4.78, 5) is 38.4. The molecule has 0 radical (unpaired) electrons. The minimum atomic E-state index is -0.725. The van der Waals surface area contributed by atoms with Gasteiger partial charge in [0, 0.05) is 18.7 Å². The van der Waals surface area contributed by atoms with E-state index in [4.69, 9.17) is 0 Å². The standard InChI is InChI=1S/C20H27N3O3/c1-14(2)15-7-6-8-16(13-15)21-17(24)9-12-23-18(25)20(22-19(23)26)10-4-3-5-11-20/h6-8,13-14H,3-5,9-12H2,1-2H3,(H,21,24)(H,22,26). The minimum Gasteiger partial charge on any atom is -0.326 e. The van der Waals surface area contributed by atoms with E-state index >= 15 is 0 Å².